The molecule has 4 nitrogen and oxygen atoms in total. The fraction of sp³-hybridized carbons (Fsp3) is 0.333. The van der Waals surface area contributed by atoms with Crippen molar-refractivity contribution in [1.29, 1.82) is 0 Å². The Morgan fingerprint density at radius 2 is 1.90 bits per heavy atom. The highest BCUT2D eigenvalue weighted by Crippen LogP contribution is 2.26. The summed E-state index contributed by atoms with van der Waals surface area (Å²) in [5.74, 6) is -3.97. The van der Waals surface area contributed by atoms with E-state index in [4.69, 9.17) is 4.74 Å². The molecule has 1 aromatic carbocycles. The zero-order valence-electron chi connectivity index (χ0n) is 10.6. The Bertz CT molecular complexity index is 568. The summed E-state index contributed by atoms with van der Waals surface area (Å²) < 4.78 is 44.0. The maximum Gasteiger partial charge on any atom is 0.194 e. The van der Waals surface area contributed by atoms with Crippen LogP contribution in [0.15, 0.2) is 12.1 Å². The first-order chi connectivity index (χ1) is 9.61. The quantitative estimate of drug-likeness (QED) is 0.657. The number of benzene rings is 1. The molecular formula is C12H12F3N3OS. The molecule has 1 N–H and O–H groups in total. The Morgan fingerprint density at radius 3 is 2.55 bits per heavy atom. The first-order valence-electron chi connectivity index (χ1n) is 5.78. The first kappa shape index (κ1) is 14.9. The van der Waals surface area contributed by atoms with Gasteiger partial charge < -0.3 is 10.1 Å². The van der Waals surface area contributed by atoms with Gasteiger partial charge in [-0.3, -0.25) is 0 Å². The van der Waals surface area contributed by atoms with E-state index in [1.54, 1.807) is 7.11 Å². The van der Waals surface area contributed by atoms with E-state index in [-0.39, 0.29) is 5.56 Å². The van der Waals surface area contributed by atoms with Crippen molar-refractivity contribution in [1.82, 2.24) is 15.5 Å². The third kappa shape index (κ3) is 3.53. The number of hydrogen-bond acceptors (Lipinski definition) is 5. The zero-order chi connectivity index (χ0) is 14.5. The van der Waals surface area contributed by atoms with Gasteiger partial charge in [0.1, 0.15) is 10.0 Å². The third-order valence-electron chi connectivity index (χ3n) is 2.46. The number of nitrogens with zero attached hydrogens (tertiary/aromatic N) is 2. The second kappa shape index (κ2) is 6.78. The van der Waals surface area contributed by atoms with Crippen LogP contribution in [0.1, 0.15) is 5.01 Å². The van der Waals surface area contributed by atoms with Crippen LogP contribution in [0, 0.1) is 17.5 Å². The van der Waals surface area contributed by atoms with Crippen LogP contribution in [0.5, 0.6) is 0 Å². The van der Waals surface area contributed by atoms with Crippen LogP contribution in [-0.2, 0) is 11.3 Å². The molecule has 0 radical (unpaired) electrons. The molecule has 8 heteroatoms. The molecule has 0 bridgehead atoms. The number of hydrogen-bond donors (Lipinski definition) is 1. The van der Waals surface area contributed by atoms with Gasteiger partial charge >= 0.3 is 0 Å². The Hall–Kier alpha value is -1.51. The number of nitrogens with one attached hydrogen (secondary N) is 1. The topological polar surface area (TPSA) is 47.0 Å². The van der Waals surface area contributed by atoms with Gasteiger partial charge in [0.15, 0.2) is 17.5 Å². The summed E-state index contributed by atoms with van der Waals surface area (Å²) in [5.41, 5.74) is 0.169. The molecule has 1 aromatic heterocycles. The van der Waals surface area contributed by atoms with Crippen LogP contribution >= 0.6 is 11.3 Å². The van der Waals surface area contributed by atoms with Crippen LogP contribution in [-0.4, -0.2) is 30.5 Å². The number of methoxy groups -OCH3 is 1. The van der Waals surface area contributed by atoms with Crippen LogP contribution < -0.4 is 5.32 Å². The summed E-state index contributed by atoms with van der Waals surface area (Å²) in [5, 5.41) is 11.8. The van der Waals surface area contributed by atoms with Gasteiger partial charge in [-0.15, -0.1) is 10.2 Å². The highest BCUT2D eigenvalue weighted by molar-refractivity contribution is 7.14. The molecule has 0 aliphatic carbocycles. The first-order valence-corrected chi connectivity index (χ1v) is 6.60. The molecule has 0 saturated carbocycles. The maximum atomic E-state index is 13.1. The normalized spacial score (nSPS) is 11.0. The summed E-state index contributed by atoms with van der Waals surface area (Å²) in [6.45, 7) is 1.71. The molecule has 108 valence electrons. The van der Waals surface area contributed by atoms with Crippen molar-refractivity contribution in [2.24, 2.45) is 0 Å². The number of ether oxygens (including phenoxy) is 1. The third-order valence-corrected chi connectivity index (χ3v) is 3.43. The van der Waals surface area contributed by atoms with E-state index in [0.717, 1.165) is 12.1 Å². The van der Waals surface area contributed by atoms with E-state index in [9.17, 15) is 13.2 Å². The average molecular weight is 303 g/mol. The largest absolute Gasteiger partial charge is 0.383 e. The van der Waals surface area contributed by atoms with Gasteiger partial charge in [0, 0.05) is 25.8 Å². The predicted molar refractivity (Wildman–Crippen MR) is 68.8 cm³/mol. The van der Waals surface area contributed by atoms with Crippen LogP contribution in [0.3, 0.4) is 0 Å². The number of aromatic nitrogens is 2. The molecule has 0 amide bonds. The van der Waals surface area contributed by atoms with Gasteiger partial charge in [-0.25, -0.2) is 13.2 Å². The van der Waals surface area contributed by atoms with E-state index in [2.05, 4.69) is 15.5 Å². The van der Waals surface area contributed by atoms with Gasteiger partial charge in [0.05, 0.1) is 6.61 Å². The molecule has 0 fully saturated rings. The Kier molecular flexibility index (Phi) is 5.05. The van der Waals surface area contributed by atoms with Gasteiger partial charge in [-0.2, -0.15) is 0 Å². The number of halogens is 3. The zero-order valence-corrected chi connectivity index (χ0v) is 11.4. The van der Waals surface area contributed by atoms with Crippen molar-refractivity contribution in [3.63, 3.8) is 0 Å². The van der Waals surface area contributed by atoms with Crippen LogP contribution in [0.2, 0.25) is 0 Å². The minimum atomic E-state index is -1.49. The second-order valence-corrected chi connectivity index (χ2v) is 4.99. The van der Waals surface area contributed by atoms with Crippen molar-refractivity contribution in [3.8, 4) is 10.6 Å². The summed E-state index contributed by atoms with van der Waals surface area (Å²) in [7, 11) is 1.60. The van der Waals surface area contributed by atoms with Crippen molar-refractivity contribution in [2.45, 2.75) is 6.54 Å². The van der Waals surface area contributed by atoms with Crippen LogP contribution in [0.4, 0.5) is 13.2 Å². The van der Waals surface area contributed by atoms with Crippen LogP contribution in [0.25, 0.3) is 10.6 Å². The molecule has 2 rings (SSSR count). The molecule has 1 heterocycles. The summed E-state index contributed by atoms with van der Waals surface area (Å²) in [4.78, 5) is 0. The van der Waals surface area contributed by atoms with Crippen molar-refractivity contribution >= 4 is 11.3 Å². The molecular weight excluding hydrogens is 291 g/mol. The smallest absolute Gasteiger partial charge is 0.194 e. The SMILES string of the molecule is COCCNCc1nnc(-c2cc(F)c(F)c(F)c2)s1. The Balaban J connectivity index is 2.08. The van der Waals surface area contributed by atoms with Gasteiger partial charge in [0.25, 0.3) is 0 Å². The summed E-state index contributed by atoms with van der Waals surface area (Å²) in [6.07, 6.45) is 0. The van der Waals surface area contributed by atoms with E-state index in [1.165, 1.54) is 11.3 Å². The second-order valence-electron chi connectivity index (χ2n) is 3.92. The Morgan fingerprint density at radius 1 is 1.20 bits per heavy atom. The van der Waals surface area contributed by atoms with E-state index < -0.39 is 17.5 Å². The molecule has 20 heavy (non-hydrogen) atoms. The lowest BCUT2D eigenvalue weighted by atomic mass is 10.2. The lowest BCUT2D eigenvalue weighted by molar-refractivity contribution is 0.199. The van der Waals surface area contributed by atoms with Crippen molar-refractivity contribution in [2.75, 3.05) is 20.3 Å². The average Bonchev–Trinajstić information content (AvgIpc) is 2.89. The van der Waals surface area contributed by atoms with E-state index in [1.807, 2.05) is 0 Å². The highest BCUT2D eigenvalue weighted by Gasteiger charge is 2.14. The molecule has 0 unspecified atom stereocenters. The summed E-state index contributed by atoms with van der Waals surface area (Å²) in [6, 6.07) is 1.81. The minimum absolute atomic E-state index is 0.169. The predicted octanol–water partition coefficient (Wildman–Crippen LogP) is 2.36. The Labute approximate surface area is 117 Å². The molecule has 0 aliphatic rings. The maximum absolute atomic E-state index is 13.1. The monoisotopic (exact) mass is 303 g/mol. The number of rotatable bonds is 6. The standard InChI is InChI=1S/C12H12F3N3OS/c1-19-3-2-16-6-10-17-18-12(20-10)7-4-8(13)11(15)9(14)5-7/h4-5,16H,2-3,6H2,1H3. The van der Waals surface area contributed by atoms with E-state index in [0.29, 0.717) is 29.7 Å². The molecule has 0 spiro atoms. The van der Waals surface area contributed by atoms with E-state index >= 15 is 0 Å². The fourth-order valence-electron chi connectivity index (χ4n) is 1.49. The van der Waals surface area contributed by atoms with Gasteiger partial charge in [-0.05, 0) is 12.1 Å². The van der Waals surface area contributed by atoms with Gasteiger partial charge in [0.2, 0.25) is 0 Å². The van der Waals surface area contributed by atoms with Crippen molar-refractivity contribution < 1.29 is 17.9 Å². The molecule has 0 saturated heterocycles. The fourth-order valence-corrected chi connectivity index (χ4v) is 2.29. The highest BCUT2D eigenvalue weighted by atomic mass is 32.1. The lowest BCUT2D eigenvalue weighted by Gasteiger charge is -2.00. The molecule has 0 aliphatic heterocycles. The lowest BCUT2D eigenvalue weighted by Crippen LogP contribution is -2.18. The van der Waals surface area contributed by atoms with Gasteiger partial charge in [-0.1, -0.05) is 11.3 Å². The minimum Gasteiger partial charge on any atom is -0.383 e. The summed E-state index contributed by atoms with van der Waals surface area (Å²) >= 11 is 1.19. The van der Waals surface area contributed by atoms with Crippen molar-refractivity contribution in [3.05, 3.63) is 34.6 Å². The molecule has 2 aromatic rings. The molecule has 0 atom stereocenters.